The lowest BCUT2D eigenvalue weighted by atomic mass is 10.1. The van der Waals surface area contributed by atoms with Crippen LogP contribution in [0.4, 0.5) is 0 Å². The topological polar surface area (TPSA) is 67.8 Å². The van der Waals surface area contributed by atoms with Crippen LogP contribution in [-0.2, 0) is 11.3 Å². The summed E-state index contributed by atoms with van der Waals surface area (Å²) in [6.45, 7) is 5.21. The van der Waals surface area contributed by atoms with Gasteiger partial charge in [-0.2, -0.15) is 0 Å². The molecule has 0 spiro atoms. The standard InChI is InChI=1S/C15H22N4O2.HI/c1-11-9-17-15(19-11)18-10-12-2-5-16-14(8-12)21-13-3-6-20-7-4-13;/h2,5,8,11,13H,3-4,6-7,9-10H2,1H3,(H2,17,18,19);1H. The molecule has 3 rings (SSSR count). The molecule has 0 saturated carbocycles. The molecule has 6 nitrogen and oxygen atoms in total. The third kappa shape index (κ3) is 4.98. The molecule has 1 fully saturated rings. The number of aromatic nitrogens is 1. The van der Waals surface area contributed by atoms with Gasteiger partial charge in [0, 0.05) is 37.7 Å². The maximum atomic E-state index is 5.92. The molecule has 1 saturated heterocycles. The fourth-order valence-electron chi connectivity index (χ4n) is 2.44. The monoisotopic (exact) mass is 418 g/mol. The van der Waals surface area contributed by atoms with E-state index in [2.05, 4.69) is 27.5 Å². The van der Waals surface area contributed by atoms with E-state index in [0.717, 1.165) is 44.1 Å². The number of aliphatic imine (C=N–C) groups is 1. The third-order valence-corrected chi connectivity index (χ3v) is 3.62. The highest BCUT2D eigenvalue weighted by Gasteiger charge is 2.16. The van der Waals surface area contributed by atoms with Gasteiger partial charge >= 0.3 is 0 Å². The van der Waals surface area contributed by atoms with Crippen LogP contribution in [0.3, 0.4) is 0 Å². The minimum Gasteiger partial charge on any atom is -0.474 e. The lowest BCUT2D eigenvalue weighted by molar-refractivity contribution is 0.0237. The van der Waals surface area contributed by atoms with E-state index >= 15 is 0 Å². The lowest BCUT2D eigenvalue weighted by Gasteiger charge is -2.22. The molecule has 122 valence electrons. The van der Waals surface area contributed by atoms with Crippen LogP contribution in [-0.4, -0.2) is 42.8 Å². The highest BCUT2D eigenvalue weighted by Crippen LogP contribution is 2.16. The molecule has 0 aromatic carbocycles. The molecule has 0 aliphatic carbocycles. The van der Waals surface area contributed by atoms with Crippen molar-refractivity contribution in [1.82, 2.24) is 15.6 Å². The van der Waals surface area contributed by atoms with Gasteiger partial charge in [0.25, 0.3) is 0 Å². The lowest BCUT2D eigenvalue weighted by Crippen LogP contribution is -2.37. The molecule has 3 heterocycles. The van der Waals surface area contributed by atoms with Crippen molar-refractivity contribution in [2.75, 3.05) is 19.8 Å². The molecule has 2 aliphatic heterocycles. The van der Waals surface area contributed by atoms with Gasteiger partial charge in [-0.25, -0.2) is 4.98 Å². The summed E-state index contributed by atoms with van der Waals surface area (Å²) >= 11 is 0. The smallest absolute Gasteiger partial charge is 0.213 e. The minimum atomic E-state index is 0. The maximum absolute atomic E-state index is 5.92. The summed E-state index contributed by atoms with van der Waals surface area (Å²) in [6, 6.07) is 4.39. The van der Waals surface area contributed by atoms with E-state index in [0.29, 0.717) is 18.5 Å². The molecule has 1 unspecified atom stereocenters. The third-order valence-electron chi connectivity index (χ3n) is 3.62. The van der Waals surface area contributed by atoms with Gasteiger partial charge in [0.15, 0.2) is 5.96 Å². The van der Waals surface area contributed by atoms with E-state index in [4.69, 9.17) is 9.47 Å². The number of rotatable bonds is 4. The molecule has 2 aliphatic rings. The van der Waals surface area contributed by atoms with Crippen LogP contribution in [0.25, 0.3) is 0 Å². The Balaban J connectivity index is 0.00000176. The zero-order valence-corrected chi connectivity index (χ0v) is 15.1. The van der Waals surface area contributed by atoms with Crippen LogP contribution < -0.4 is 15.4 Å². The summed E-state index contributed by atoms with van der Waals surface area (Å²) in [5.74, 6) is 1.56. The summed E-state index contributed by atoms with van der Waals surface area (Å²) in [6.07, 6.45) is 3.88. The van der Waals surface area contributed by atoms with Gasteiger partial charge in [-0.1, -0.05) is 0 Å². The molecule has 1 aromatic heterocycles. The SMILES string of the molecule is CC1CN=C(NCc2ccnc(OC3CCOCC3)c2)N1.I. The molecule has 0 amide bonds. The normalized spacial score (nSPS) is 21.5. The Kier molecular flexibility index (Phi) is 6.69. The molecule has 7 heteroatoms. The number of nitrogens with one attached hydrogen (secondary N) is 2. The van der Waals surface area contributed by atoms with Crippen LogP contribution in [0.1, 0.15) is 25.3 Å². The van der Waals surface area contributed by atoms with Crippen molar-refractivity contribution in [1.29, 1.82) is 0 Å². The van der Waals surface area contributed by atoms with Crippen molar-refractivity contribution in [3.8, 4) is 5.88 Å². The van der Waals surface area contributed by atoms with Gasteiger partial charge in [0.2, 0.25) is 5.88 Å². The van der Waals surface area contributed by atoms with Gasteiger partial charge in [-0.3, -0.25) is 4.99 Å². The Labute approximate surface area is 148 Å². The average Bonchev–Trinajstić information content (AvgIpc) is 2.92. The Bertz CT molecular complexity index is 506. The van der Waals surface area contributed by atoms with Gasteiger partial charge < -0.3 is 20.1 Å². The van der Waals surface area contributed by atoms with Gasteiger partial charge in [0.05, 0.1) is 19.8 Å². The number of halogens is 1. The number of hydrogen-bond acceptors (Lipinski definition) is 6. The predicted octanol–water partition coefficient (Wildman–Crippen LogP) is 1.69. The van der Waals surface area contributed by atoms with Crippen LogP contribution in [0.15, 0.2) is 23.3 Å². The van der Waals surface area contributed by atoms with Crippen LogP contribution in [0, 0.1) is 0 Å². The first kappa shape index (κ1) is 17.3. The van der Waals surface area contributed by atoms with Crippen molar-refractivity contribution >= 4 is 29.9 Å². The highest BCUT2D eigenvalue weighted by atomic mass is 127. The van der Waals surface area contributed by atoms with Crippen molar-refractivity contribution < 1.29 is 9.47 Å². The molecule has 2 N–H and O–H groups in total. The van der Waals surface area contributed by atoms with Gasteiger partial charge in [-0.05, 0) is 18.6 Å². The van der Waals surface area contributed by atoms with E-state index < -0.39 is 0 Å². The Hall–Kier alpha value is -1.09. The molecule has 22 heavy (non-hydrogen) atoms. The zero-order chi connectivity index (χ0) is 14.5. The second kappa shape index (κ2) is 8.52. The van der Waals surface area contributed by atoms with Crippen molar-refractivity contribution in [3.63, 3.8) is 0 Å². The van der Waals surface area contributed by atoms with E-state index in [-0.39, 0.29) is 30.1 Å². The maximum Gasteiger partial charge on any atom is 0.213 e. The number of ether oxygens (including phenoxy) is 2. The molecule has 0 bridgehead atoms. The summed E-state index contributed by atoms with van der Waals surface area (Å²) in [5.41, 5.74) is 1.14. The average molecular weight is 418 g/mol. The Morgan fingerprint density at radius 1 is 1.41 bits per heavy atom. The number of hydrogen-bond donors (Lipinski definition) is 2. The highest BCUT2D eigenvalue weighted by molar-refractivity contribution is 14.0. The Morgan fingerprint density at radius 2 is 2.23 bits per heavy atom. The fraction of sp³-hybridized carbons (Fsp3) is 0.600. The molecular formula is C15H23IN4O2. The molecular weight excluding hydrogens is 395 g/mol. The number of guanidine groups is 1. The summed E-state index contributed by atoms with van der Waals surface area (Å²) in [7, 11) is 0. The number of pyridine rings is 1. The second-order valence-electron chi connectivity index (χ2n) is 5.52. The van der Waals surface area contributed by atoms with Crippen LogP contribution in [0.5, 0.6) is 5.88 Å². The van der Waals surface area contributed by atoms with Crippen LogP contribution in [0.2, 0.25) is 0 Å². The molecule has 1 aromatic rings. The summed E-state index contributed by atoms with van der Waals surface area (Å²) < 4.78 is 11.3. The van der Waals surface area contributed by atoms with Gasteiger partial charge in [-0.15, -0.1) is 24.0 Å². The predicted molar refractivity (Wildman–Crippen MR) is 95.9 cm³/mol. The number of nitrogens with zero attached hydrogens (tertiary/aromatic N) is 2. The van der Waals surface area contributed by atoms with Crippen LogP contribution >= 0.6 is 24.0 Å². The summed E-state index contributed by atoms with van der Waals surface area (Å²) in [5, 5.41) is 6.58. The molecule has 1 atom stereocenters. The Morgan fingerprint density at radius 3 is 2.95 bits per heavy atom. The van der Waals surface area contributed by atoms with Crippen molar-refractivity contribution in [2.24, 2.45) is 4.99 Å². The fourth-order valence-corrected chi connectivity index (χ4v) is 2.44. The second-order valence-corrected chi connectivity index (χ2v) is 5.52. The van der Waals surface area contributed by atoms with E-state index in [9.17, 15) is 0 Å². The first-order valence-corrected chi connectivity index (χ1v) is 7.54. The van der Waals surface area contributed by atoms with E-state index in [1.807, 2.05) is 12.1 Å². The molecule has 0 radical (unpaired) electrons. The first-order valence-electron chi connectivity index (χ1n) is 7.54. The summed E-state index contributed by atoms with van der Waals surface area (Å²) in [4.78, 5) is 8.67. The minimum absolute atomic E-state index is 0. The van der Waals surface area contributed by atoms with E-state index in [1.54, 1.807) is 6.20 Å². The van der Waals surface area contributed by atoms with Crippen molar-refractivity contribution in [3.05, 3.63) is 23.9 Å². The van der Waals surface area contributed by atoms with Gasteiger partial charge in [0.1, 0.15) is 6.10 Å². The quantitative estimate of drug-likeness (QED) is 0.729. The van der Waals surface area contributed by atoms with E-state index in [1.165, 1.54) is 0 Å². The largest absolute Gasteiger partial charge is 0.474 e. The van der Waals surface area contributed by atoms with Crippen molar-refractivity contribution in [2.45, 2.75) is 38.5 Å². The first-order chi connectivity index (χ1) is 10.3. The zero-order valence-electron chi connectivity index (χ0n) is 12.7.